The Balaban J connectivity index is 3.85. The van der Waals surface area contributed by atoms with Crippen LogP contribution in [-0.2, 0) is 18.9 Å². The summed E-state index contributed by atoms with van der Waals surface area (Å²) in [6.45, 7) is 11.5. The molecule has 0 aromatic carbocycles. The maximum Gasteiger partial charge on any atom is 0.154 e. The largest absolute Gasteiger partial charge is 0.379 e. The SMILES string of the molecule is COC(C)(C)CCOC(C)(C)COC(C)OCCCl. The van der Waals surface area contributed by atoms with Crippen LogP contribution in [0, 0.1) is 0 Å². The normalized spacial score (nSPS) is 14.7. The highest BCUT2D eigenvalue weighted by atomic mass is 35.5. The number of ether oxygens (including phenoxy) is 4. The monoisotopic (exact) mass is 296 g/mol. The summed E-state index contributed by atoms with van der Waals surface area (Å²) >= 11 is 5.54. The lowest BCUT2D eigenvalue weighted by Gasteiger charge is -2.29. The number of methoxy groups -OCH3 is 1. The molecule has 0 radical (unpaired) electrons. The fraction of sp³-hybridized carbons (Fsp3) is 1.00. The van der Waals surface area contributed by atoms with Crippen LogP contribution in [0.2, 0.25) is 0 Å². The van der Waals surface area contributed by atoms with E-state index in [1.807, 2.05) is 34.6 Å². The van der Waals surface area contributed by atoms with E-state index in [4.69, 9.17) is 30.5 Å². The number of hydrogen-bond donors (Lipinski definition) is 0. The molecular weight excluding hydrogens is 268 g/mol. The van der Waals surface area contributed by atoms with Gasteiger partial charge in [-0.3, -0.25) is 0 Å². The average Bonchev–Trinajstić information content (AvgIpc) is 2.33. The zero-order valence-corrected chi connectivity index (χ0v) is 13.9. The van der Waals surface area contributed by atoms with Crippen molar-refractivity contribution in [3.63, 3.8) is 0 Å². The first kappa shape index (κ1) is 19.1. The van der Waals surface area contributed by atoms with Crippen LogP contribution >= 0.6 is 11.6 Å². The van der Waals surface area contributed by atoms with E-state index in [1.54, 1.807) is 7.11 Å². The van der Waals surface area contributed by atoms with E-state index < -0.39 is 0 Å². The molecule has 0 aliphatic carbocycles. The minimum atomic E-state index is -0.345. The van der Waals surface area contributed by atoms with E-state index in [9.17, 15) is 0 Å². The first-order chi connectivity index (χ1) is 8.72. The van der Waals surface area contributed by atoms with Gasteiger partial charge in [-0.05, 0) is 41.0 Å². The van der Waals surface area contributed by atoms with Crippen molar-refractivity contribution in [3.8, 4) is 0 Å². The Morgan fingerprint density at radius 2 is 1.63 bits per heavy atom. The molecule has 0 N–H and O–H groups in total. The van der Waals surface area contributed by atoms with Crippen LogP contribution in [0.5, 0.6) is 0 Å². The van der Waals surface area contributed by atoms with Crippen molar-refractivity contribution in [3.05, 3.63) is 0 Å². The van der Waals surface area contributed by atoms with Gasteiger partial charge in [-0.1, -0.05) is 0 Å². The van der Waals surface area contributed by atoms with Gasteiger partial charge in [0.05, 0.1) is 31.0 Å². The van der Waals surface area contributed by atoms with Gasteiger partial charge in [-0.25, -0.2) is 0 Å². The molecule has 0 bridgehead atoms. The van der Waals surface area contributed by atoms with E-state index in [2.05, 4.69) is 0 Å². The molecule has 5 heteroatoms. The molecular formula is C14H29ClO4. The maximum atomic E-state index is 5.84. The summed E-state index contributed by atoms with van der Waals surface area (Å²) < 4.78 is 22.1. The Morgan fingerprint density at radius 3 is 2.16 bits per heavy atom. The van der Waals surface area contributed by atoms with Gasteiger partial charge >= 0.3 is 0 Å². The smallest absolute Gasteiger partial charge is 0.154 e. The van der Waals surface area contributed by atoms with E-state index in [1.165, 1.54) is 0 Å². The number of halogens is 1. The molecule has 0 saturated heterocycles. The lowest BCUT2D eigenvalue weighted by molar-refractivity contribution is -0.172. The Bertz CT molecular complexity index is 231. The van der Waals surface area contributed by atoms with Gasteiger partial charge in [0.15, 0.2) is 6.29 Å². The van der Waals surface area contributed by atoms with Crippen LogP contribution in [0.3, 0.4) is 0 Å². The predicted molar refractivity (Wildman–Crippen MR) is 77.8 cm³/mol. The van der Waals surface area contributed by atoms with Crippen LogP contribution in [0.15, 0.2) is 0 Å². The molecule has 0 saturated carbocycles. The van der Waals surface area contributed by atoms with Crippen LogP contribution in [0.25, 0.3) is 0 Å². The van der Waals surface area contributed by atoms with Crippen molar-refractivity contribution in [2.75, 3.05) is 32.8 Å². The second-order valence-corrected chi connectivity index (χ2v) is 6.14. The van der Waals surface area contributed by atoms with Crippen molar-refractivity contribution < 1.29 is 18.9 Å². The van der Waals surface area contributed by atoms with Crippen LogP contribution in [0.4, 0.5) is 0 Å². The van der Waals surface area contributed by atoms with Crippen LogP contribution in [-0.4, -0.2) is 50.3 Å². The van der Waals surface area contributed by atoms with Gasteiger partial charge in [0.2, 0.25) is 0 Å². The Morgan fingerprint density at radius 1 is 1.00 bits per heavy atom. The van der Waals surface area contributed by atoms with Crippen molar-refractivity contribution in [1.82, 2.24) is 0 Å². The zero-order chi connectivity index (χ0) is 14.9. The highest BCUT2D eigenvalue weighted by molar-refractivity contribution is 6.17. The fourth-order valence-electron chi connectivity index (χ4n) is 1.29. The summed E-state index contributed by atoms with van der Waals surface area (Å²) in [7, 11) is 1.71. The number of rotatable bonds is 11. The van der Waals surface area contributed by atoms with E-state index in [0.29, 0.717) is 25.7 Å². The second kappa shape index (κ2) is 9.14. The number of alkyl halides is 1. The lowest BCUT2D eigenvalue weighted by Crippen LogP contribution is -2.35. The molecule has 116 valence electrons. The van der Waals surface area contributed by atoms with Gasteiger partial charge in [0.1, 0.15) is 0 Å². The van der Waals surface area contributed by atoms with Crippen molar-refractivity contribution in [2.45, 2.75) is 58.5 Å². The first-order valence-electron chi connectivity index (χ1n) is 6.71. The minimum Gasteiger partial charge on any atom is -0.379 e. The van der Waals surface area contributed by atoms with Gasteiger partial charge < -0.3 is 18.9 Å². The molecule has 1 atom stereocenters. The average molecular weight is 297 g/mol. The molecule has 0 rings (SSSR count). The summed E-state index contributed by atoms with van der Waals surface area (Å²) in [5, 5.41) is 0. The predicted octanol–water partition coefficient (Wildman–Crippen LogP) is 3.21. The minimum absolute atomic E-state index is 0.159. The zero-order valence-electron chi connectivity index (χ0n) is 13.1. The Hall–Kier alpha value is 0.130. The van der Waals surface area contributed by atoms with Crippen molar-refractivity contribution in [2.24, 2.45) is 0 Å². The molecule has 0 amide bonds. The quantitative estimate of drug-likeness (QED) is 0.433. The maximum absolute atomic E-state index is 5.84. The van der Waals surface area contributed by atoms with Crippen molar-refractivity contribution in [1.29, 1.82) is 0 Å². The van der Waals surface area contributed by atoms with E-state index >= 15 is 0 Å². The molecule has 0 aliphatic heterocycles. The first-order valence-corrected chi connectivity index (χ1v) is 7.24. The van der Waals surface area contributed by atoms with Gasteiger partial charge in [-0.2, -0.15) is 0 Å². The summed E-state index contributed by atoms with van der Waals surface area (Å²) in [5.41, 5.74) is -0.504. The van der Waals surface area contributed by atoms with Crippen LogP contribution in [0.1, 0.15) is 41.0 Å². The summed E-state index contributed by atoms with van der Waals surface area (Å²) in [6.07, 6.45) is 0.572. The highest BCUT2D eigenvalue weighted by Crippen LogP contribution is 2.17. The highest BCUT2D eigenvalue weighted by Gasteiger charge is 2.23. The van der Waals surface area contributed by atoms with Crippen molar-refractivity contribution >= 4 is 11.6 Å². The molecule has 4 nitrogen and oxygen atoms in total. The Labute approximate surface area is 122 Å². The molecule has 0 aromatic rings. The third kappa shape index (κ3) is 10.6. The van der Waals surface area contributed by atoms with E-state index in [0.717, 1.165) is 6.42 Å². The van der Waals surface area contributed by atoms with Gasteiger partial charge in [0.25, 0.3) is 0 Å². The second-order valence-electron chi connectivity index (χ2n) is 5.76. The fourth-order valence-corrected chi connectivity index (χ4v) is 1.38. The molecule has 0 fully saturated rings. The lowest BCUT2D eigenvalue weighted by atomic mass is 10.1. The molecule has 1 unspecified atom stereocenters. The molecule has 0 spiro atoms. The summed E-state index contributed by atoms with van der Waals surface area (Å²) in [6, 6.07) is 0. The third-order valence-electron chi connectivity index (χ3n) is 2.84. The summed E-state index contributed by atoms with van der Waals surface area (Å²) in [5.74, 6) is 0.472. The van der Waals surface area contributed by atoms with Crippen LogP contribution < -0.4 is 0 Å². The van der Waals surface area contributed by atoms with E-state index in [-0.39, 0.29) is 17.5 Å². The Kier molecular flexibility index (Phi) is 9.20. The molecule has 19 heavy (non-hydrogen) atoms. The standard InChI is InChI=1S/C14H29ClO4/c1-12(17-10-8-15)18-11-14(4,5)19-9-7-13(2,3)16-6/h12H,7-11H2,1-6H3. The van der Waals surface area contributed by atoms with Gasteiger partial charge in [0, 0.05) is 13.0 Å². The number of hydrogen-bond acceptors (Lipinski definition) is 4. The third-order valence-corrected chi connectivity index (χ3v) is 3.00. The molecule has 0 aliphatic rings. The topological polar surface area (TPSA) is 36.9 Å². The molecule has 0 aromatic heterocycles. The molecule has 0 heterocycles. The van der Waals surface area contributed by atoms with Gasteiger partial charge in [-0.15, -0.1) is 11.6 Å². The summed E-state index contributed by atoms with van der Waals surface area (Å²) in [4.78, 5) is 0.